The van der Waals surface area contributed by atoms with E-state index in [1.165, 1.54) is 15.8 Å². The van der Waals surface area contributed by atoms with E-state index in [0.29, 0.717) is 12.5 Å². The molecule has 0 aromatic carbocycles. The number of amides is 1. The molecule has 1 aliphatic heterocycles. The normalized spacial score (nSPS) is 15.4. The molecule has 142 valence electrons. The number of pyridine rings is 1. The lowest BCUT2D eigenvalue weighted by Gasteiger charge is -2.31. The Morgan fingerprint density at radius 2 is 2.15 bits per heavy atom. The van der Waals surface area contributed by atoms with Crippen LogP contribution in [0.5, 0.6) is 0 Å². The van der Waals surface area contributed by atoms with Crippen LogP contribution in [0.25, 0.3) is 10.9 Å². The molecule has 3 aromatic heterocycles. The van der Waals surface area contributed by atoms with Gasteiger partial charge in [0.05, 0.1) is 29.2 Å². The predicted octanol–water partition coefficient (Wildman–Crippen LogP) is 5.14. The van der Waals surface area contributed by atoms with Crippen LogP contribution in [0.1, 0.15) is 36.1 Å². The van der Waals surface area contributed by atoms with E-state index in [0.717, 1.165) is 42.3 Å². The van der Waals surface area contributed by atoms with Gasteiger partial charge in [-0.05, 0) is 49.4 Å². The van der Waals surface area contributed by atoms with E-state index in [-0.39, 0.29) is 6.09 Å². The summed E-state index contributed by atoms with van der Waals surface area (Å²) in [6, 6.07) is 6.12. The Bertz CT molecular complexity index is 944. The van der Waals surface area contributed by atoms with Crippen molar-refractivity contribution in [1.29, 1.82) is 0 Å². The SMILES string of the molecule is CCOC(=O)N1CCC(c2cn(Cc3ccc(Cl)s3)c3cnccc23)CC1. The molecule has 1 saturated heterocycles. The molecular formula is C20H22ClN3O2S. The van der Waals surface area contributed by atoms with Crippen molar-refractivity contribution in [2.24, 2.45) is 0 Å². The Hall–Kier alpha value is -2.05. The highest BCUT2D eigenvalue weighted by Crippen LogP contribution is 2.35. The minimum atomic E-state index is -0.197. The third kappa shape index (κ3) is 3.82. The molecule has 0 unspecified atom stereocenters. The van der Waals surface area contributed by atoms with Gasteiger partial charge in [-0.3, -0.25) is 4.98 Å². The van der Waals surface area contributed by atoms with Gasteiger partial charge < -0.3 is 14.2 Å². The molecule has 4 rings (SSSR count). The molecule has 7 heteroatoms. The summed E-state index contributed by atoms with van der Waals surface area (Å²) in [6.45, 7) is 4.53. The molecule has 0 radical (unpaired) electrons. The predicted molar refractivity (Wildman–Crippen MR) is 109 cm³/mol. The summed E-state index contributed by atoms with van der Waals surface area (Å²) in [4.78, 5) is 19.3. The third-order valence-corrected chi connectivity index (χ3v) is 6.35. The summed E-state index contributed by atoms with van der Waals surface area (Å²) in [5.74, 6) is 0.439. The zero-order chi connectivity index (χ0) is 18.8. The number of aromatic nitrogens is 2. The van der Waals surface area contributed by atoms with Gasteiger partial charge in [0.2, 0.25) is 0 Å². The van der Waals surface area contributed by atoms with E-state index < -0.39 is 0 Å². The highest BCUT2D eigenvalue weighted by Gasteiger charge is 2.26. The topological polar surface area (TPSA) is 47.4 Å². The summed E-state index contributed by atoms with van der Waals surface area (Å²) < 4.78 is 8.20. The van der Waals surface area contributed by atoms with Crippen molar-refractivity contribution in [1.82, 2.24) is 14.5 Å². The molecule has 27 heavy (non-hydrogen) atoms. The number of thiophene rings is 1. The third-order valence-electron chi connectivity index (χ3n) is 5.13. The number of likely N-dealkylation sites (tertiary alicyclic amines) is 1. The molecule has 0 N–H and O–H groups in total. The van der Waals surface area contributed by atoms with E-state index in [9.17, 15) is 4.79 Å². The Kier molecular flexibility index (Phi) is 5.36. The van der Waals surface area contributed by atoms with Crippen LogP contribution in [0.15, 0.2) is 36.8 Å². The maximum Gasteiger partial charge on any atom is 0.409 e. The van der Waals surface area contributed by atoms with Crippen LogP contribution in [0.2, 0.25) is 4.34 Å². The minimum Gasteiger partial charge on any atom is -0.450 e. The van der Waals surface area contributed by atoms with Crippen LogP contribution in [-0.2, 0) is 11.3 Å². The molecule has 1 fully saturated rings. The first kappa shape index (κ1) is 18.3. The maximum atomic E-state index is 11.9. The molecule has 3 aromatic rings. The van der Waals surface area contributed by atoms with Crippen LogP contribution in [-0.4, -0.2) is 40.2 Å². The van der Waals surface area contributed by atoms with E-state index in [4.69, 9.17) is 16.3 Å². The van der Waals surface area contributed by atoms with Gasteiger partial charge in [-0.1, -0.05) is 11.6 Å². The van der Waals surface area contributed by atoms with Gasteiger partial charge in [-0.15, -0.1) is 11.3 Å². The Balaban J connectivity index is 1.57. The lowest BCUT2D eigenvalue weighted by molar-refractivity contribution is 0.0971. The van der Waals surface area contributed by atoms with E-state index in [2.05, 4.69) is 27.9 Å². The number of fused-ring (bicyclic) bond motifs is 1. The molecule has 0 aliphatic carbocycles. The second-order valence-electron chi connectivity index (χ2n) is 6.77. The van der Waals surface area contributed by atoms with Crippen molar-refractivity contribution >= 4 is 39.9 Å². The number of piperidine rings is 1. The fourth-order valence-corrected chi connectivity index (χ4v) is 4.90. The van der Waals surface area contributed by atoms with E-state index in [1.54, 1.807) is 11.3 Å². The Morgan fingerprint density at radius 3 is 2.85 bits per heavy atom. The maximum absolute atomic E-state index is 11.9. The standard InChI is InChI=1S/C20H22ClN3O2S/c1-2-26-20(25)23-9-6-14(7-10-23)17-13-24(12-15-3-4-19(21)27-15)18-11-22-8-5-16(17)18/h3-5,8,11,13-14H,2,6-7,9-10,12H2,1H3. The summed E-state index contributed by atoms with van der Waals surface area (Å²) >= 11 is 7.70. The van der Waals surface area contributed by atoms with Crippen molar-refractivity contribution in [2.45, 2.75) is 32.2 Å². The number of halogens is 1. The van der Waals surface area contributed by atoms with E-state index in [1.807, 2.05) is 30.3 Å². The van der Waals surface area contributed by atoms with Gasteiger partial charge in [0.15, 0.2) is 0 Å². The van der Waals surface area contributed by atoms with Gasteiger partial charge >= 0.3 is 6.09 Å². The fraction of sp³-hybridized carbons (Fsp3) is 0.400. The van der Waals surface area contributed by atoms with Crippen LogP contribution >= 0.6 is 22.9 Å². The number of rotatable bonds is 4. The highest BCUT2D eigenvalue weighted by molar-refractivity contribution is 7.16. The van der Waals surface area contributed by atoms with Crippen LogP contribution in [0.3, 0.4) is 0 Å². The average molecular weight is 404 g/mol. The first-order valence-corrected chi connectivity index (χ1v) is 10.4. The fourth-order valence-electron chi connectivity index (χ4n) is 3.81. The molecule has 5 nitrogen and oxygen atoms in total. The lowest BCUT2D eigenvalue weighted by atomic mass is 9.89. The monoisotopic (exact) mass is 403 g/mol. The molecular weight excluding hydrogens is 382 g/mol. The molecule has 1 amide bonds. The second kappa shape index (κ2) is 7.90. The van der Waals surface area contributed by atoms with Gasteiger partial charge in [0.1, 0.15) is 0 Å². The highest BCUT2D eigenvalue weighted by atomic mass is 35.5. The van der Waals surface area contributed by atoms with Crippen molar-refractivity contribution in [3.8, 4) is 0 Å². The van der Waals surface area contributed by atoms with Crippen molar-refractivity contribution in [2.75, 3.05) is 19.7 Å². The zero-order valence-electron chi connectivity index (χ0n) is 15.2. The van der Waals surface area contributed by atoms with Gasteiger partial charge in [-0.2, -0.15) is 0 Å². The molecule has 0 saturated carbocycles. The summed E-state index contributed by atoms with van der Waals surface area (Å²) in [5.41, 5.74) is 2.49. The quantitative estimate of drug-likeness (QED) is 0.606. The summed E-state index contributed by atoms with van der Waals surface area (Å²) in [6.07, 6.45) is 7.74. The Morgan fingerprint density at radius 1 is 1.33 bits per heavy atom. The molecule has 1 aliphatic rings. The Labute approximate surface area is 167 Å². The van der Waals surface area contributed by atoms with Crippen LogP contribution in [0, 0.1) is 0 Å². The lowest BCUT2D eigenvalue weighted by Crippen LogP contribution is -2.38. The number of hydrogen-bond donors (Lipinski definition) is 0. The number of carbonyl (C=O) groups is 1. The van der Waals surface area contributed by atoms with Crippen molar-refractivity contribution in [3.63, 3.8) is 0 Å². The first-order chi connectivity index (χ1) is 13.2. The molecule has 0 bridgehead atoms. The average Bonchev–Trinajstić information content (AvgIpc) is 3.26. The number of ether oxygens (including phenoxy) is 1. The number of carbonyl (C=O) groups excluding carboxylic acids is 1. The summed E-state index contributed by atoms with van der Waals surface area (Å²) in [7, 11) is 0. The van der Waals surface area contributed by atoms with Gasteiger partial charge in [-0.25, -0.2) is 4.79 Å². The first-order valence-electron chi connectivity index (χ1n) is 9.24. The molecule has 4 heterocycles. The second-order valence-corrected chi connectivity index (χ2v) is 8.57. The minimum absolute atomic E-state index is 0.197. The van der Waals surface area contributed by atoms with E-state index >= 15 is 0 Å². The molecule has 0 spiro atoms. The van der Waals surface area contributed by atoms with Gasteiger partial charge in [0, 0.05) is 35.7 Å². The van der Waals surface area contributed by atoms with Crippen LogP contribution in [0.4, 0.5) is 4.79 Å². The van der Waals surface area contributed by atoms with Crippen molar-refractivity contribution in [3.05, 3.63) is 51.6 Å². The zero-order valence-corrected chi connectivity index (χ0v) is 16.8. The smallest absolute Gasteiger partial charge is 0.409 e. The summed E-state index contributed by atoms with van der Waals surface area (Å²) in [5, 5.41) is 1.25. The van der Waals surface area contributed by atoms with Gasteiger partial charge in [0.25, 0.3) is 0 Å². The number of hydrogen-bond acceptors (Lipinski definition) is 4. The van der Waals surface area contributed by atoms with Crippen molar-refractivity contribution < 1.29 is 9.53 Å². The number of nitrogens with zero attached hydrogens (tertiary/aromatic N) is 3. The van der Waals surface area contributed by atoms with Crippen LogP contribution < -0.4 is 0 Å². The molecule has 0 atom stereocenters. The largest absolute Gasteiger partial charge is 0.450 e.